The van der Waals surface area contributed by atoms with Crippen LogP contribution in [0.1, 0.15) is 18.2 Å². The molecule has 18 heavy (non-hydrogen) atoms. The maximum Gasteiger partial charge on any atom is 0.212 e. The van der Waals surface area contributed by atoms with E-state index in [-0.39, 0.29) is 0 Å². The molecule has 2 heterocycles. The van der Waals surface area contributed by atoms with Crippen LogP contribution in [0.4, 0.5) is 0 Å². The fraction of sp³-hybridized carbons (Fsp3) is 0.231. The van der Waals surface area contributed by atoms with Crippen molar-refractivity contribution >= 4 is 16.3 Å². The van der Waals surface area contributed by atoms with Crippen molar-refractivity contribution in [3.63, 3.8) is 0 Å². The maximum absolute atomic E-state index is 5.55. The minimum atomic E-state index is 0.455. The predicted octanol–water partition coefficient (Wildman–Crippen LogP) is 2.48. The smallest absolute Gasteiger partial charge is 0.212 e. The molecule has 0 saturated heterocycles. The third-order valence-corrected chi connectivity index (χ3v) is 3.88. The van der Waals surface area contributed by atoms with Gasteiger partial charge in [0.15, 0.2) is 0 Å². The van der Waals surface area contributed by atoms with E-state index in [1.54, 1.807) is 15.9 Å². The third kappa shape index (κ3) is 1.91. The Balaban J connectivity index is 1.99. The molecule has 1 aromatic carbocycles. The van der Waals surface area contributed by atoms with Crippen LogP contribution in [-0.4, -0.2) is 14.6 Å². The lowest BCUT2D eigenvalue weighted by molar-refractivity contribution is 0.959. The monoisotopic (exact) mass is 258 g/mol. The predicted molar refractivity (Wildman–Crippen MR) is 73.6 cm³/mol. The van der Waals surface area contributed by atoms with Gasteiger partial charge in [-0.25, -0.2) is 9.50 Å². The summed E-state index contributed by atoms with van der Waals surface area (Å²) in [5, 5.41) is 5.51. The Morgan fingerprint density at radius 3 is 2.67 bits per heavy atom. The number of nitrogens with zero attached hydrogens (tertiary/aromatic N) is 3. The Bertz CT molecular complexity index is 634. The molecular weight excluding hydrogens is 244 g/mol. The Labute approximate surface area is 109 Å². The van der Waals surface area contributed by atoms with Crippen molar-refractivity contribution in [1.29, 1.82) is 0 Å². The van der Waals surface area contributed by atoms with E-state index in [0.29, 0.717) is 6.54 Å². The van der Waals surface area contributed by atoms with Crippen LogP contribution < -0.4 is 5.73 Å². The number of hydrogen-bond acceptors (Lipinski definition) is 4. The molecule has 0 fully saturated rings. The van der Waals surface area contributed by atoms with Crippen molar-refractivity contribution in [1.82, 2.24) is 14.6 Å². The number of aromatic nitrogens is 3. The molecule has 0 amide bonds. The average molecular weight is 258 g/mol. The maximum atomic E-state index is 5.55. The van der Waals surface area contributed by atoms with Crippen molar-refractivity contribution in [2.24, 2.45) is 5.73 Å². The van der Waals surface area contributed by atoms with Crippen molar-refractivity contribution in [2.45, 2.75) is 19.9 Å². The van der Waals surface area contributed by atoms with Crippen LogP contribution in [0.3, 0.4) is 0 Å². The molecule has 0 aliphatic rings. The van der Waals surface area contributed by atoms with E-state index in [0.717, 1.165) is 27.6 Å². The quantitative estimate of drug-likeness (QED) is 0.785. The lowest BCUT2D eigenvalue weighted by Gasteiger charge is -1.98. The van der Waals surface area contributed by atoms with Gasteiger partial charge in [-0.2, -0.15) is 5.10 Å². The summed E-state index contributed by atoms with van der Waals surface area (Å²) < 4.78 is 1.80. The zero-order valence-electron chi connectivity index (χ0n) is 10.1. The number of benzene rings is 1. The van der Waals surface area contributed by atoms with Gasteiger partial charge in [-0.3, -0.25) is 0 Å². The zero-order valence-corrected chi connectivity index (χ0v) is 10.9. The fourth-order valence-corrected chi connectivity index (χ4v) is 2.75. The second kappa shape index (κ2) is 4.51. The molecule has 92 valence electrons. The Morgan fingerprint density at radius 2 is 2.06 bits per heavy atom. The van der Waals surface area contributed by atoms with Gasteiger partial charge in [-0.1, -0.05) is 42.5 Å². The highest BCUT2D eigenvalue weighted by molar-refractivity contribution is 7.19. The van der Waals surface area contributed by atoms with Crippen LogP contribution in [0, 0.1) is 0 Å². The largest absolute Gasteiger partial charge is 0.325 e. The van der Waals surface area contributed by atoms with Crippen molar-refractivity contribution in [2.75, 3.05) is 0 Å². The summed E-state index contributed by atoms with van der Waals surface area (Å²) in [6, 6.07) is 8.51. The average Bonchev–Trinajstić information content (AvgIpc) is 2.96. The first-order valence-corrected chi connectivity index (χ1v) is 6.76. The summed E-state index contributed by atoms with van der Waals surface area (Å²) in [6.45, 7) is 2.61. The van der Waals surface area contributed by atoms with Crippen molar-refractivity contribution in [3.8, 4) is 10.6 Å². The molecule has 4 nitrogen and oxygen atoms in total. The van der Waals surface area contributed by atoms with E-state index < -0.39 is 0 Å². The lowest BCUT2D eigenvalue weighted by Crippen LogP contribution is -1.95. The molecule has 0 bridgehead atoms. The van der Waals surface area contributed by atoms with Gasteiger partial charge >= 0.3 is 0 Å². The first-order chi connectivity index (χ1) is 8.80. The van der Waals surface area contributed by atoms with Crippen LogP contribution in [0.25, 0.3) is 15.5 Å². The molecular formula is C13H14N4S. The molecule has 0 unspecified atom stereocenters. The van der Waals surface area contributed by atoms with E-state index in [4.69, 9.17) is 5.73 Å². The van der Waals surface area contributed by atoms with Crippen molar-refractivity contribution < 1.29 is 0 Å². The molecule has 0 aliphatic heterocycles. The first-order valence-electron chi connectivity index (χ1n) is 5.94. The number of fused-ring (bicyclic) bond motifs is 1. The molecule has 0 aliphatic carbocycles. The van der Waals surface area contributed by atoms with Gasteiger partial charge in [0.25, 0.3) is 0 Å². The van der Waals surface area contributed by atoms with E-state index in [9.17, 15) is 0 Å². The summed E-state index contributed by atoms with van der Waals surface area (Å²) >= 11 is 1.59. The number of nitrogens with two attached hydrogens (primary N) is 1. The Morgan fingerprint density at radius 1 is 1.28 bits per heavy atom. The molecule has 3 aromatic rings. The van der Waals surface area contributed by atoms with Gasteiger partial charge in [-0.05, 0) is 12.0 Å². The molecule has 0 atom stereocenters. The Kier molecular flexibility index (Phi) is 2.85. The van der Waals surface area contributed by atoms with Crippen LogP contribution in [-0.2, 0) is 13.0 Å². The molecule has 0 spiro atoms. The number of hydrogen-bond donors (Lipinski definition) is 1. The number of imidazole rings is 1. The highest BCUT2D eigenvalue weighted by Gasteiger charge is 2.08. The van der Waals surface area contributed by atoms with E-state index in [1.165, 1.54) is 5.56 Å². The molecule has 0 radical (unpaired) electrons. The topological polar surface area (TPSA) is 56.2 Å². The highest BCUT2D eigenvalue weighted by atomic mass is 32.1. The SMILES string of the molecule is CCc1ccc(-c2nn3cc(CN)nc3s2)cc1. The summed E-state index contributed by atoms with van der Waals surface area (Å²) in [5.74, 6) is 0. The van der Waals surface area contributed by atoms with E-state index in [2.05, 4.69) is 41.3 Å². The van der Waals surface area contributed by atoms with Gasteiger partial charge in [0, 0.05) is 12.1 Å². The van der Waals surface area contributed by atoms with Gasteiger partial charge in [0.1, 0.15) is 5.01 Å². The summed E-state index contributed by atoms with van der Waals surface area (Å²) in [5.41, 5.74) is 8.91. The summed E-state index contributed by atoms with van der Waals surface area (Å²) in [7, 11) is 0. The lowest BCUT2D eigenvalue weighted by atomic mass is 10.1. The number of rotatable bonds is 3. The molecule has 5 heteroatoms. The fourth-order valence-electron chi connectivity index (χ4n) is 1.84. The van der Waals surface area contributed by atoms with Crippen LogP contribution in [0.15, 0.2) is 30.5 Å². The zero-order chi connectivity index (χ0) is 12.5. The summed E-state index contributed by atoms with van der Waals surface area (Å²) in [6.07, 6.45) is 2.94. The van der Waals surface area contributed by atoms with E-state index >= 15 is 0 Å². The minimum absolute atomic E-state index is 0.455. The normalized spacial score (nSPS) is 11.2. The standard InChI is InChI=1S/C13H14N4S/c1-2-9-3-5-10(6-4-9)12-16-17-8-11(7-14)15-13(17)18-12/h3-6,8H,2,7,14H2,1H3. The van der Waals surface area contributed by atoms with Crippen LogP contribution >= 0.6 is 11.3 Å². The first kappa shape index (κ1) is 11.4. The van der Waals surface area contributed by atoms with Crippen LogP contribution in [0.5, 0.6) is 0 Å². The van der Waals surface area contributed by atoms with Crippen LogP contribution in [0.2, 0.25) is 0 Å². The van der Waals surface area contributed by atoms with Gasteiger partial charge in [0.05, 0.1) is 11.9 Å². The highest BCUT2D eigenvalue weighted by Crippen LogP contribution is 2.25. The second-order valence-electron chi connectivity index (χ2n) is 4.12. The van der Waals surface area contributed by atoms with E-state index in [1.807, 2.05) is 6.20 Å². The van der Waals surface area contributed by atoms with Gasteiger partial charge in [-0.15, -0.1) is 0 Å². The second-order valence-corrected chi connectivity index (χ2v) is 5.08. The summed E-state index contributed by atoms with van der Waals surface area (Å²) in [4.78, 5) is 5.30. The van der Waals surface area contributed by atoms with Gasteiger partial charge < -0.3 is 5.73 Å². The molecule has 2 N–H and O–H groups in total. The molecule has 0 saturated carbocycles. The number of aryl methyl sites for hydroxylation is 1. The molecule has 3 rings (SSSR count). The van der Waals surface area contributed by atoms with Crippen molar-refractivity contribution in [3.05, 3.63) is 41.7 Å². The molecule has 2 aromatic heterocycles. The third-order valence-electron chi connectivity index (χ3n) is 2.91. The van der Waals surface area contributed by atoms with Gasteiger partial charge in [0.2, 0.25) is 4.96 Å². The Hall–Kier alpha value is -1.72. The minimum Gasteiger partial charge on any atom is -0.325 e.